The number of esters is 2. The highest BCUT2D eigenvalue weighted by molar-refractivity contribution is 7.79. The molecule has 0 spiro atoms. The minimum Gasteiger partial charge on any atom is -0.462 e. The number of rotatable bonds is 17. The molecule has 31 heavy (non-hydrogen) atoms. The predicted octanol–water partition coefficient (Wildman–Crippen LogP) is 6.30. The fourth-order valence-electron chi connectivity index (χ4n) is 3.23. The second-order valence-electron chi connectivity index (χ2n) is 7.76. The number of hydrogen-bond donors (Lipinski definition) is 1. The van der Waals surface area contributed by atoms with Crippen LogP contribution in [-0.2, 0) is 20.6 Å². The largest absolute Gasteiger partial charge is 0.462 e. The molecule has 7 heteroatoms. The molecular formula is C24H38O6S. The van der Waals surface area contributed by atoms with Crippen molar-refractivity contribution >= 4 is 23.0 Å². The molecule has 1 rings (SSSR count). The van der Waals surface area contributed by atoms with Gasteiger partial charge in [0.05, 0.1) is 29.2 Å². The molecule has 0 heterocycles. The minimum atomic E-state index is -2.26. The Bertz CT molecular complexity index is 689. The van der Waals surface area contributed by atoms with E-state index in [0.717, 1.165) is 38.5 Å². The summed E-state index contributed by atoms with van der Waals surface area (Å²) < 4.78 is 31.4. The van der Waals surface area contributed by atoms with E-state index >= 15 is 0 Å². The average Bonchev–Trinajstić information content (AvgIpc) is 2.77. The van der Waals surface area contributed by atoms with Gasteiger partial charge in [-0.2, -0.15) is 0 Å². The van der Waals surface area contributed by atoms with Gasteiger partial charge in [0.15, 0.2) is 11.1 Å². The van der Waals surface area contributed by atoms with Gasteiger partial charge in [0.2, 0.25) is 0 Å². The summed E-state index contributed by atoms with van der Waals surface area (Å²) in [5, 5.41) is 0. The van der Waals surface area contributed by atoms with Crippen LogP contribution in [0.1, 0.15) is 112 Å². The summed E-state index contributed by atoms with van der Waals surface area (Å²) in [6.07, 6.45) is 12.8. The summed E-state index contributed by atoms with van der Waals surface area (Å²) in [6.45, 7) is 4.86. The number of carbonyl (C=O) groups is 2. The first-order chi connectivity index (χ1) is 15.0. The molecule has 0 saturated heterocycles. The van der Waals surface area contributed by atoms with Crippen molar-refractivity contribution < 1.29 is 27.8 Å². The van der Waals surface area contributed by atoms with E-state index in [1.165, 1.54) is 56.7 Å². The third kappa shape index (κ3) is 11.5. The maximum Gasteiger partial charge on any atom is 0.339 e. The maximum atomic E-state index is 12.5. The number of carbonyl (C=O) groups excluding carboxylic acids is 2. The summed E-state index contributed by atoms with van der Waals surface area (Å²) in [4.78, 5) is 25.1. The highest BCUT2D eigenvalue weighted by Gasteiger charge is 2.21. The van der Waals surface area contributed by atoms with Crippen LogP contribution >= 0.6 is 0 Å². The molecule has 1 atom stereocenters. The molecule has 0 radical (unpaired) electrons. The molecule has 0 fully saturated rings. The second kappa shape index (κ2) is 16.9. The van der Waals surface area contributed by atoms with E-state index in [-0.39, 0.29) is 29.2 Å². The van der Waals surface area contributed by atoms with Crippen LogP contribution in [0.4, 0.5) is 0 Å². The van der Waals surface area contributed by atoms with Crippen molar-refractivity contribution in [3.63, 3.8) is 0 Å². The van der Waals surface area contributed by atoms with Gasteiger partial charge >= 0.3 is 11.9 Å². The van der Waals surface area contributed by atoms with Crippen LogP contribution in [0.15, 0.2) is 23.1 Å². The van der Waals surface area contributed by atoms with Crippen molar-refractivity contribution in [3.05, 3.63) is 29.3 Å². The standard InChI is InChI=1S/C24H38O6S/c1-3-5-7-9-11-13-17-29-23(25)21-16-15-20(31(27)28)19-22(21)24(26)30-18-14-12-10-8-6-4-2/h15-16,19H,3-14,17-18H2,1-2H3,(H,27,28). The topological polar surface area (TPSA) is 89.9 Å². The highest BCUT2D eigenvalue weighted by atomic mass is 32.2. The molecule has 0 aliphatic carbocycles. The quantitative estimate of drug-likeness (QED) is 0.169. The molecule has 1 aromatic rings. The maximum absolute atomic E-state index is 12.5. The summed E-state index contributed by atoms with van der Waals surface area (Å²) in [5.41, 5.74) is 0.0342. The molecule has 0 aliphatic heterocycles. The Morgan fingerprint density at radius 3 is 1.68 bits per heavy atom. The lowest BCUT2D eigenvalue weighted by molar-refractivity contribution is 0.0450. The molecular weight excluding hydrogens is 416 g/mol. The number of unbranched alkanes of at least 4 members (excludes halogenated alkanes) is 10. The highest BCUT2D eigenvalue weighted by Crippen LogP contribution is 2.18. The Labute approximate surface area is 189 Å². The normalized spacial score (nSPS) is 11.8. The summed E-state index contributed by atoms with van der Waals surface area (Å²) in [5.74, 6) is -1.29. The van der Waals surface area contributed by atoms with Crippen LogP contribution in [0.5, 0.6) is 0 Å². The fraction of sp³-hybridized carbons (Fsp3) is 0.667. The molecule has 1 aromatic carbocycles. The lowest BCUT2D eigenvalue weighted by atomic mass is 10.1. The zero-order valence-electron chi connectivity index (χ0n) is 19.0. The van der Waals surface area contributed by atoms with Crippen LogP contribution in [-0.4, -0.2) is 33.9 Å². The lowest BCUT2D eigenvalue weighted by Crippen LogP contribution is -2.16. The average molecular weight is 455 g/mol. The first-order valence-corrected chi connectivity index (χ1v) is 12.7. The predicted molar refractivity (Wildman–Crippen MR) is 123 cm³/mol. The Hall–Kier alpha value is -1.73. The van der Waals surface area contributed by atoms with E-state index in [9.17, 15) is 18.4 Å². The van der Waals surface area contributed by atoms with Crippen LogP contribution < -0.4 is 0 Å². The zero-order chi connectivity index (χ0) is 22.9. The van der Waals surface area contributed by atoms with Crippen molar-refractivity contribution in [3.8, 4) is 0 Å². The van der Waals surface area contributed by atoms with E-state index < -0.39 is 23.0 Å². The second-order valence-corrected chi connectivity index (χ2v) is 8.73. The lowest BCUT2D eigenvalue weighted by Gasteiger charge is -2.11. The van der Waals surface area contributed by atoms with Crippen molar-refractivity contribution in [2.75, 3.05) is 13.2 Å². The molecule has 0 bridgehead atoms. The smallest absolute Gasteiger partial charge is 0.339 e. The third-order valence-corrected chi connectivity index (χ3v) is 5.75. The molecule has 0 saturated carbocycles. The first kappa shape index (κ1) is 27.3. The van der Waals surface area contributed by atoms with Crippen molar-refractivity contribution in [2.45, 2.75) is 95.8 Å². The van der Waals surface area contributed by atoms with Crippen molar-refractivity contribution in [2.24, 2.45) is 0 Å². The Morgan fingerprint density at radius 2 is 1.19 bits per heavy atom. The SMILES string of the molecule is CCCCCCCCOC(=O)c1ccc(S(=O)O)cc1C(=O)OCCCCCCCC. The van der Waals surface area contributed by atoms with Gasteiger partial charge in [0.25, 0.3) is 0 Å². The van der Waals surface area contributed by atoms with Crippen LogP contribution in [0.3, 0.4) is 0 Å². The van der Waals surface area contributed by atoms with Gasteiger partial charge in [0, 0.05) is 0 Å². The van der Waals surface area contributed by atoms with E-state index in [0.29, 0.717) is 0 Å². The van der Waals surface area contributed by atoms with E-state index in [2.05, 4.69) is 13.8 Å². The number of ether oxygens (including phenoxy) is 2. The zero-order valence-corrected chi connectivity index (χ0v) is 19.8. The number of hydrogen-bond acceptors (Lipinski definition) is 5. The molecule has 0 aliphatic rings. The fourth-order valence-corrected chi connectivity index (χ4v) is 3.63. The molecule has 1 unspecified atom stereocenters. The Kier molecular flexibility index (Phi) is 14.9. The van der Waals surface area contributed by atoms with Crippen molar-refractivity contribution in [1.29, 1.82) is 0 Å². The van der Waals surface area contributed by atoms with Gasteiger partial charge in [-0.1, -0.05) is 78.1 Å². The summed E-state index contributed by atoms with van der Waals surface area (Å²) in [6, 6.07) is 3.94. The van der Waals surface area contributed by atoms with Crippen LogP contribution in [0, 0.1) is 0 Å². The van der Waals surface area contributed by atoms with Crippen LogP contribution in [0.25, 0.3) is 0 Å². The van der Waals surface area contributed by atoms with Gasteiger partial charge < -0.3 is 14.0 Å². The summed E-state index contributed by atoms with van der Waals surface area (Å²) in [7, 11) is 0. The Morgan fingerprint density at radius 1 is 0.742 bits per heavy atom. The van der Waals surface area contributed by atoms with Gasteiger partial charge in [0.1, 0.15) is 0 Å². The molecule has 6 nitrogen and oxygen atoms in total. The van der Waals surface area contributed by atoms with E-state index in [4.69, 9.17) is 9.47 Å². The molecule has 0 aromatic heterocycles. The minimum absolute atomic E-state index is 0.0289. The van der Waals surface area contributed by atoms with Crippen LogP contribution in [0.2, 0.25) is 0 Å². The molecule has 176 valence electrons. The van der Waals surface area contributed by atoms with E-state index in [1.54, 1.807) is 0 Å². The van der Waals surface area contributed by atoms with Gasteiger partial charge in [-0.3, -0.25) is 0 Å². The van der Waals surface area contributed by atoms with Gasteiger partial charge in [-0.15, -0.1) is 0 Å². The van der Waals surface area contributed by atoms with Crippen molar-refractivity contribution in [1.82, 2.24) is 0 Å². The van der Waals surface area contributed by atoms with E-state index in [1.807, 2.05) is 0 Å². The summed E-state index contributed by atoms with van der Waals surface area (Å²) >= 11 is -2.26. The van der Waals surface area contributed by atoms with Gasteiger partial charge in [-0.25, -0.2) is 13.8 Å². The monoisotopic (exact) mass is 454 g/mol. The molecule has 0 amide bonds. The third-order valence-electron chi connectivity index (χ3n) is 5.09. The number of benzene rings is 1. The first-order valence-electron chi connectivity index (χ1n) is 11.6. The Balaban J connectivity index is 2.61. The molecule has 1 N–H and O–H groups in total. The van der Waals surface area contributed by atoms with Gasteiger partial charge in [-0.05, 0) is 31.0 Å².